The van der Waals surface area contributed by atoms with E-state index in [-0.39, 0.29) is 0 Å². The topological polar surface area (TPSA) is 26.0 Å². The number of anilines is 1. The Bertz CT molecular complexity index is 1060. The van der Waals surface area contributed by atoms with Crippen LogP contribution in [-0.4, -0.2) is 0 Å². The number of rotatable bonds is 2. The maximum Gasteiger partial charge on any atom is 0.416 e. The van der Waals surface area contributed by atoms with Crippen LogP contribution in [-0.2, 0) is 12.6 Å². The number of alkyl halides is 3. The van der Waals surface area contributed by atoms with Crippen LogP contribution in [0.2, 0.25) is 0 Å². The monoisotopic (exact) mass is 393 g/mol. The van der Waals surface area contributed by atoms with Gasteiger partial charge in [0.1, 0.15) is 0 Å². The highest BCUT2D eigenvalue weighted by Gasteiger charge is 2.30. The summed E-state index contributed by atoms with van der Waals surface area (Å²) in [5.74, 6) is 0. The lowest BCUT2D eigenvalue weighted by Gasteiger charge is -2.17. The molecule has 0 amide bonds. The Labute approximate surface area is 168 Å². The number of nitrogens with two attached hydrogens (primary N) is 1. The molecular formula is C25H22F3N. The number of benzene rings is 3. The Kier molecular flexibility index (Phi) is 4.95. The van der Waals surface area contributed by atoms with Crippen LogP contribution in [0.4, 0.5) is 18.9 Å². The molecule has 3 aromatic carbocycles. The maximum absolute atomic E-state index is 13.0. The standard InChI is InChI=1S/C25H22F3N/c1-16-5-7-18(8-6-16)24-22(17-9-11-20(12-10-17)25(26,27)28)4-2-3-19-15-21(29)13-14-23(19)24/h5-15H,2-4,29H2,1H3. The van der Waals surface area contributed by atoms with Crippen molar-refractivity contribution >= 4 is 16.8 Å². The van der Waals surface area contributed by atoms with Crippen LogP contribution in [0, 0.1) is 6.92 Å². The Balaban J connectivity index is 1.94. The van der Waals surface area contributed by atoms with Crippen LogP contribution in [0.25, 0.3) is 11.1 Å². The first-order valence-electron chi connectivity index (χ1n) is 9.69. The lowest BCUT2D eigenvalue weighted by molar-refractivity contribution is -0.137. The maximum atomic E-state index is 13.0. The van der Waals surface area contributed by atoms with Crippen molar-refractivity contribution < 1.29 is 13.2 Å². The SMILES string of the molecule is Cc1ccc(C2=C(c3ccc(C(F)(F)F)cc3)CCCc3cc(N)ccc32)cc1. The molecule has 4 heteroatoms. The first-order chi connectivity index (χ1) is 13.8. The van der Waals surface area contributed by atoms with Crippen molar-refractivity contribution in [1.82, 2.24) is 0 Å². The zero-order chi connectivity index (χ0) is 20.6. The summed E-state index contributed by atoms with van der Waals surface area (Å²) in [6, 6.07) is 19.8. The minimum Gasteiger partial charge on any atom is -0.399 e. The Morgan fingerprint density at radius 3 is 2.10 bits per heavy atom. The Morgan fingerprint density at radius 1 is 0.793 bits per heavy atom. The van der Waals surface area contributed by atoms with Crippen molar-refractivity contribution in [3.63, 3.8) is 0 Å². The second kappa shape index (κ2) is 7.43. The van der Waals surface area contributed by atoms with E-state index in [1.165, 1.54) is 17.7 Å². The van der Waals surface area contributed by atoms with E-state index >= 15 is 0 Å². The fourth-order valence-electron chi connectivity index (χ4n) is 4.01. The molecule has 0 bridgehead atoms. The largest absolute Gasteiger partial charge is 0.416 e. The van der Waals surface area contributed by atoms with Gasteiger partial charge < -0.3 is 5.73 Å². The summed E-state index contributed by atoms with van der Waals surface area (Å²) in [5.41, 5.74) is 13.6. The summed E-state index contributed by atoms with van der Waals surface area (Å²) >= 11 is 0. The van der Waals surface area contributed by atoms with Gasteiger partial charge in [0.15, 0.2) is 0 Å². The first kappa shape index (κ1) is 19.3. The molecule has 29 heavy (non-hydrogen) atoms. The van der Waals surface area contributed by atoms with Gasteiger partial charge in [-0.15, -0.1) is 0 Å². The van der Waals surface area contributed by atoms with Crippen LogP contribution in [0.3, 0.4) is 0 Å². The highest BCUT2D eigenvalue weighted by atomic mass is 19.4. The first-order valence-corrected chi connectivity index (χ1v) is 9.69. The zero-order valence-electron chi connectivity index (χ0n) is 16.2. The zero-order valence-corrected chi connectivity index (χ0v) is 16.2. The van der Waals surface area contributed by atoms with Crippen LogP contribution < -0.4 is 5.73 Å². The summed E-state index contributed by atoms with van der Waals surface area (Å²) < 4.78 is 39.1. The Morgan fingerprint density at radius 2 is 1.45 bits per heavy atom. The highest BCUT2D eigenvalue weighted by Crippen LogP contribution is 2.41. The van der Waals surface area contributed by atoms with E-state index in [4.69, 9.17) is 5.73 Å². The van der Waals surface area contributed by atoms with E-state index in [0.29, 0.717) is 0 Å². The van der Waals surface area contributed by atoms with Crippen LogP contribution in [0.5, 0.6) is 0 Å². The number of halogens is 3. The summed E-state index contributed by atoms with van der Waals surface area (Å²) in [6.07, 6.45) is -1.73. The van der Waals surface area contributed by atoms with Crippen molar-refractivity contribution in [2.45, 2.75) is 32.4 Å². The third-order valence-electron chi connectivity index (χ3n) is 5.47. The quantitative estimate of drug-likeness (QED) is 0.471. The molecule has 0 heterocycles. The average molecular weight is 393 g/mol. The number of hydrogen-bond acceptors (Lipinski definition) is 1. The number of aryl methyl sites for hydroxylation is 2. The summed E-state index contributed by atoms with van der Waals surface area (Å²) in [4.78, 5) is 0. The summed E-state index contributed by atoms with van der Waals surface area (Å²) in [6.45, 7) is 2.04. The van der Waals surface area contributed by atoms with E-state index in [0.717, 1.165) is 58.3 Å². The highest BCUT2D eigenvalue weighted by molar-refractivity contribution is 6.00. The molecule has 2 N–H and O–H groups in total. The van der Waals surface area contributed by atoms with Gasteiger partial charge in [-0.05, 0) is 83.9 Å². The third kappa shape index (κ3) is 3.93. The van der Waals surface area contributed by atoms with Crippen molar-refractivity contribution in [2.24, 2.45) is 0 Å². The molecule has 0 aliphatic heterocycles. The van der Waals surface area contributed by atoms with Gasteiger partial charge in [0, 0.05) is 5.69 Å². The third-order valence-corrected chi connectivity index (χ3v) is 5.47. The minimum absolute atomic E-state index is 0.625. The van der Waals surface area contributed by atoms with Gasteiger partial charge >= 0.3 is 6.18 Å². The molecule has 1 aliphatic carbocycles. The smallest absolute Gasteiger partial charge is 0.399 e. The molecular weight excluding hydrogens is 371 g/mol. The molecule has 0 radical (unpaired) electrons. The fraction of sp³-hybridized carbons (Fsp3) is 0.200. The number of hydrogen-bond donors (Lipinski definition) is 1. The fourth-order valence-corrected chi connectivity index (χ4v) is 4.01. The van der Waals surface area contributed by atoms with Gasteiger partial charge in [-0.2, -0.15) is 13.2 Å². The minimum atomic E-state index is -4.33. The molecule has 1 aliphatic rings. The van der Waals surface area contributed by atoms with Crippen molar-refractivity contribution in [1.29, 1.82) is 0 Å². The summed E-state index contributed by atoms with van der Waals surface area (Å²) in [5, 5.41) is 0. The predicted octanol–water partition coefficient (Wildman–Crippen LogP) is 6.89. The molecule has 0 fully saturated rings. The second-order valence-corrected chi connectivity index (χ2v) is 7.56. The molecule has 0 saturated heterocycles. The van der Waals surface area contributed by atoms with Gasteiger partial charge in [-0.25, -0.2) is 0 Å². The van der Waals surface area contributed by atoms with Gasteiger partial charge in [0.25, 0.3) is 0 Å². The van der Waals surface area contributed by atoms with Gasteiger partial charge in [-0.3, -0.25) is 0 Å². The number of fused-ring (bicyclic) bond motifs is 1. The van der Waals surface area contributed by atoms with Crippen molar-refractivity contribution in [3.8, 4) is 0 Å². The molecule has 1 nitrogen and oxygen atoms in total. The van der Waals surface area contributed by atoms with E-state index in [9.17, 15) is 13.2 Å². The molecule has 0 saturated carbocycles. The van der Waals surface area contributed by atoms with Gasteiger partial charge in [0.2, 0.25) is 0 Å². The molecule has 0 aromatic heterocycles. The molecule has 0 atom stereocenters. The molecule has 0 unspecified atom stereocenters. The van der Waals surface area contributed by atoms with Crippen LogP contribution in [0.1, 0.15) is 46.2 Å². The second-order valence-electron chi connectivity index (χ2n) is 7.56. The summed E-state index contributed by atoms with van der Waals surface area (Å²) in [7, 11) is 0. The number of allylic oxidation sites excluding steroid dienone is 1. The van der Waals surface area contributed by atoms with E-state index in [1.54, 1.807) is 12.1 Å². The van der Waals surface area contributed by atoms with E-state index in [2.05, 4.69) is 24.3 Å². The molecule has 0 spiro atoms. The number of nitrogen functional groups attached to an aromatic ring is 1. The lowest BCUT2D eigenvalue weighted by Crippen LogP contribution is -2.04. The van der Waals surface area contributed by atoms with E-state index < -0.39 is 11.7 Å². The average Bonchev–Trinajstić information content (AvgIpc) is 2.87. The van der Waals surface area contributed by atoms with Gasteiger partial charge in [0.05, 0.1) is 5.56 Å². The van der Waals surface area contributed by atoms with Crippen molar-refractivity contribution in [2.75, 3.05) is 5.73 Å². The van der Waals surface area contributed by atoms with Gasteiger partial charge in [-0.1, -0.05) is 48.0 Å². The van der Waals surface area contributed by atoms with E-state index in [1.807, 2.05) is 25.1 Å². The van der Waals surface area contributed by atoms with Crippen LogP contribution in [0.15, 0.2) is 66.7 Å². The molecule has 148 valence electrons. The molecule has 3 aromatic rings. The van der Waals surface area contributed by atoms with Crippen molar-refractivity contribution in [3.05, 3.63) is 100 Å². The normalized spacial score (nSPS) is 14.5. The molecule has 4 rings (SSSR count). The van der Waals surface area contributed by atoms with Crippen LogP contribution >= 0.6 is 0 Å². The lowest BCUT2D eigenvalue weighted by atomic mass is 9.87. The Hall–Kier alpha value is -3.01. The predicted molar refractivity (Wildman–Crippen MR) is 112 cm³/mol.